The van der Waals surface area contributed by atoms with Crippen LogP contribution in [0.2, 0.25) is 0 Å². The molecule has 15 heavy (non-hydrogen) atoms. The fourth-order valence-electron chi connectivity index (χ4n) is 1.29. The highest BCUT2D eigenvalue weighted by atomic mass is 16.5. The first-order chi connectivity index (χ1) is 7.08. The van der Waals surface area contributed by atoms with E-state index in [1.54, 1.807) is 14.2 Å². The highest BCUT2D eigenvalue weighted by Crippen LogP contribution is 2.27. The molecule has 0 fully saturated rings. The highest BCUT2D eigenvalue weighted by Gasteiger charge is 2.09. The summed E-state index contributed by atoms with van der Waals surface area (Å²) in [6.07, 6.45) is 0. The lowest BCUT2D eigenvalue weighted by atomic mass is 10.0. The van der Waals surface area contributed by atoms with Crippen LogP contribution >= 0.6 is 0 Å². The van der Waals surface area contributed by atoms with E-state index in [0.717, 1.165) is 22.6 Å². The summed E-state index contributed by atoms with van der Waals surface area (Å²) in [4.78, 5) is 0. The molecule has 0 aliphatic heterocycles. The Labute approximate surface area is 90.5 Å². The number of methoxy groups -OCH3 is 2. The summed E-state index contributed by atoms with van der Waals surface area (Å²) in [6, 6.07) is 5.41. The van der Waals surface area contributed by atoms with Gasteiger partial charge >= 0.3 is 0 Å². The molecule has 0 aromatic heterocycles. The van der Waals surface area contributed by atoms with Crippen LogP contribution < -0.4 is 15.2 Å². The van der Waals surface area contributed by atoms with Crippen molar-refractivity contribution in [1.82, 2.24) is 0 Å². The van der Waals surface area contributed by atoms with Crippen LogP contribution in [0.25, 0.3) is 0 Å². The first-order valence-corrected chi connectivity index (χ1v) is 4.72. The van der Waals surface area contributed by atoms with Crippen molar-refractivity contribution in [2.24, 2.45) is 5.73 Å². The molecule has 2 N–H and O–H groups in total. The SMILES string of the molecule is C=C(C)C(N)c1cc(OC)cc(OC)c1. The molecule has 0 saturated heterocycles. The maximum atomic E-state index is 5.97. The van der Waals surface area contributed by atoms with Gasteiger partial charge in [0.05, 0.1) is 20.3 Å². The Hall–Kier alpha value is -1.48. The normalized spacial score (nSPS) is 12.0. The summed E-state index contributed by atoms with van der Waals surface area (Å²) in [7, 11) is 3.23. The average Bonchev–Trinajstić information content (AvgIpc) is 2.27. The van der Waals surface area contributed by atoms with E-state index in [1.165, 1.54) is 0 Å². The van der Waals surface area contributed by atoms with Gasteiger partial charge in [0, 0.05) is 6.07 Å². The molecule has 1 aromatic rings. The Morgan fingerprint density at radius 2 is 1.67 bits per heavy atom. The van der Waals surface area contributed by atoms with E-state index in [4.69, 9.17) is 15.2 Å². The van der Waals surface area contributed by atoms with E-state index < -0.39 is 0 Å². The molecule has 0 amide bonds. The molecule has 0 spiro atoms. The van der Waals surface area contributed by atoms with Gasteiger partial charge in [-0.25, -0.2) is 0 Å². The summed E-state index contributed by atoms with van der Waals surface area (Å²) >= 11 is 0. The van der Waals surface area contributed by atoms with Crippen molar-refractivity contribution in [1.29, 1.82) is 0 Å². The van der Waals surface area contributed by atoms with Crippen LogP contribution in [-0.2, 0) is 0 Å². The van der Waals surface area contributed by atoms with Crippen molar-refractivity contribution in [3.63, 3.8) is 0 Å². The quantitative estimate of drug-likeness (QED) is 0.770. The van der Waals surface area contributed by atoms with E-state index in [2.05, 4.69) is 6.58 Å². The third-order valence-electron chi connectivity index (χ3n) is 2.26. The van der Waals surface area contributed by atoms with Gasteiger partial charge in [-0.3, -0.25) is 0 Å². The van der Waals surface area contributed by atoms with Gasteiger partial charge in [-0.1, -0.05) is 12.2 Å². The number of rotatable bonds is 4. The van der Waals surface area contributed by atoms with Gasteiger partial charge in [0.25, 0.3) is 0 Å². The van der Waals surface area contributed by atoms with Crippen molar-refractivity contribution < 1.29 is 9.47 Å². The third-order valence-corrected chi connectivity index (χ3v) is 2.26. The molecule has 0 aliphatic carbocycles. The summed E-state index contributed by atoms with van der Waals surface area (Å²) in [5.41, 5.74) is 7.83. The molecule has 3 nitrogen and oxygen atoms in total. The van der Waals surface area contributed by atoms with Gasteiger partial charge in [-0.05, 0) is 24.6 Å². The predicted molar refractivity (Wildman–Crippen MR) is 61.3 cm³/mol. The van der Waals surface area contributed by atoms with Crippen LogP contribution in [-0.4, -0.2) is 14.2 Å². The second-order valence-corrected chi connectivity index (χ2v) is 3.47. The number of nitrogens with two attached hydrogens (primary N) is 1. The summed E-state index contributed by atoms with van der Waals surface area (Å²) in [5.74, 6) is 1.47. The van der Waals surface area contributed by atoms with Crippen LogP contribution in [0.5, 0.6) is 11.5 Å². The standard InChI is InChI=1S/C12H17NO2/c1-8(2)12(13)9-5-10(14-3)7-11(6-9)15-4/h5-7,12H,1,13H2,2-4H3. The average molecular weight is 207 g/mol. The summed E-state index contributed by atoms with van der Waals surface area (Å²) in [5, 5.41) is 0. The maximum absolute atomic E-state index is 5.97. The lowest BCUT2D eigenvalue weighted by molar-refractivity contribution is 0.393. The molecular formula is C12H17NO2. The zero-order valence-electron chi connectivity index (χ0n) is 9.41. The molecule has 0 heterocycles. The molecule has 0 saturated carbocycles. The zero-order chi connectivity index (χ0) is 11.4. The van der Waals surface area contributed by atoms with Gasteiger partial charge in [-0.2, -0.15) is 0 Å². The lowest BCUT2D eigenvalue weighted by Gasteiger charge is -2.14. The van der Waals surface area contributed by atoms with E-state index in [9.17, 15) is 0 Å². The Balaban J connectivity index is 3.11. The topological polar surface area (TPSA) is 44.5 Å². The summed E-state index contributed by atoms with van der Waals surface area (Å²) in [6.45, 7) is 5.74. The fraction of sp³-hybridized carbons (Fsp3) is 0.333. The molecule has 1 unspecified atom stereocenters. The van der Waals surface area contributed by atoms with Gasteiger partial charge in [0.1, 0.15) is 11.5 Å². The molecule has 82 valence electrons. The third kappa shape index (κ3) is 2.73. The van der Waals surface area contributed by atoms with E-state index >= 15 is 0 Å². The van der Waals surface area contributed by atoms with Gasteiger partial charge < -0.3 is 15.2 Å². The van der Waals surface area contributed by atoms with Gasteiger partial charge in [0.15, 0.2) is 0 Å². The molecule has 0 radical (unpaired) electrons. The van der Waals surface area contributed by atoms with Gasteiger partial charge in [-0.15, -0.1) is 0 Å². The van der Waals surface area contributed by atoms with Crippen molar-refractivity contribution in [3.8, 4) is 11.5 Å². The van der Waals surface area contributed by atoms with E-state index in [-0.39, 0.29) is 6.04 Å². The minimum atomic E-state index is -0.186. The number of hydrogen-bond acceptors (Lipinski definition) is 3. The van der Waals surface area contributed by atoms with Crippen LogP contribution in [0.3, 0.4) is 0 Å². The smallest absolute Gasteiger partial charge is 0.122 e. The number of ether oxygens (including phenoxy) is 2. The molecular weight excluding hydrogens is 190 g/mol. The Morgan fingerprint density at radius 3 is 2.00 bits per heavy atom. The van der Waals surface area contributed by atoms with Gasteiger partial charge in [0.2, 0.25) is 0 Å². The van der Waals surface area contributed by atoms with Crippen molar-refractivity contribution in [2.75, 3.05) is 14.2 Å². The largest absolute Gasteiger partial charge is 0.497 e. The highest BCUT2D eigenvalue weighted by molar-refractivity contribution is 5.41. The second kappa shape index (κ2) is 4.84. The Kier molecular flexibility index (Phi) is 3.74. The van der Waals surface area contributed by atoms with Crippen LogP contribution in [0.15, 0.2) is 30.4 Å². The first kappa shape index (κ1) is 11.6. The predicted octanol–water partition coefficient (Wildman–Crippen LogP) is 2.28. The van der Waals surface area contributed by atoms with E-state index in [0.29, 0.717) is 0 Å². The fourth-order valence-corrected chi connectivity index (χ4v) is 1.29. The Morgan fingerprint density at radius 1 is 1.20 bits per heavy atom. The minimum Gasteiger partial charge on any atom is -0.497 e. The maximum Gasteiger partial charge on any atom is 0.122 e. The molecule has 3 heteroatoms. The van der Waals surface area contributed by atoms with E-state index in [1.807, 2.05) is 25.1 Å². The molecule has 1 atom stereocenters. The van der Waals surface area contributed by atoms with Crippen molar-refractivity contribution >= 4 is 0 Å². The molecule has 0 aliphatic rings. The molecule has 1 rings (SSSR count). The van der Waals surface area contributed by atoms with Crippen molar-refractivity contribution in [3.05, 3.63) is 35.9 Å². The van der Waals surface area contributed by atoms with Crippen molar-refractivity contribution in [2.45, 2.75) is 13.0 Å². The number of hydrogen-bond donors (Lipinski definition) is 1. The second-order valence-electron chi connectivity index (χ2n) is 3.47. The monoisotopic (exact) mass is 207 g/mol. The van der Waals surface area contributed by atoms with Crippen LogP contribution in [0, 0.1) is 0 Å². The zero-order valence-corrected chi connectivity index (χ0v) is 9.41. The molecule has 1 aromatic carbocycles. The Bertz CT molecular complexity index is 338. The summed E-state index contributed by atoms with van der Waals surface area (Å²) < 4.78 is 10.3. The van der Waals surface area contributed by atoms with Crippen LogP contribution in [0.4, 0.5) is 0 Å². The van der Waals surface area contributed by atoms with Crippen LogP contribution in [0.1, 0.15) is 18.5 Å². The minimum absolute atomic E-state index is 0.186. The first-order valence-electron chi connectivity index (χ1n) is 4.72. The molecule has 0 bridgehead atoms. The lowest BCUT2D eigenvalue weighted by Crippen LogP contribution is -2.11. The number of benzene rings is 1.